The Labute approximate surface area is 152 Å². The minimum atomic E-state index is 0.627. The Morgan fingerprint density at radius 2 is 1.88 bits per heavy atom. The molecule has 0 atom stereocenters. The van der Waals surface area contributed by atoms with E-state index in [4.69, 9.17) is 9.47 Å². The van der Waals surface area contributed by atoms with Crippen molar-refractivity contribution in [1.82, 2.24) is 10.3 Å². The molecule has 0 radical (unpaired) electrons. The fourth-order valence-corrected chi connectivity index (χ4v) is 2.99. The van der Waals surface area contributed by atoms with Gasteiger partial charge in [0, 0.05) is 24.8 Å². The van der Waals surface area contributed by atoms with E-state index in [0.29, 0.717) is 12.4 Å². The second kappa shape index (κ2) is 9.20. The van der Waals surface area contributed by atoms with Crippen LogP contribution in [0, 0.1) is 0 Å². The normalized spacial score (nSPS) is 10.6. The molecule has 0 fully saturated rings. The number of ether oxygens (including phenoxy) is 2. The molecule has 0 aliphatic carbocycles. The molecule has 3 aromatic rings. The van der Waals surface area contributed by atoms with Gasteiger partial charge in [-0.3, -0.25) is 0 Å². The van der Waals surface area contributed by atoms with E-state index in [1.807, 2.05) is 36.4 Å². The molecule has 25 heavy (non-hydrogen) atoms. The molecule has 2 aromatic heterocycles. The molecule has 1 aromatic carbocycles. The van der Waals surface area contributed by atoms with Crippen LogP contribution in [-0.4, -0.2) is 11.6 Å². The average Bonchev–Trinajstić information content (AvgIpc) is 3.16. The monoisotopic (exact) mass is 354 g/mol. The summed E-state index contributed by atoms with van der Waals surface area (Å²) >= 11 is 1.71. The maximum atomic E-state index is 5.95. The molecule has 0 aliphatic heterocycles. The largest absolute Gasteiger partial charge is 0.494 e. The third-order valence-electron chi connectivity index (χ3n) is 3.59. The van der Waals surface area contributed by atoms with Crippen LogP contribution in [0.3, 0.4) is 0 Å². The van der Waals surface area contributed by atoms with Gasteiger partial charge in [0.1, 0.15) is 11.5 Å². The van der Waals surface area contributed by atoms with Crippen LogP contribution in [0.5, 0.6) is 17.4 Å². The zero-order valence-electron chi connectivity index (χ0n) is 14.3. The van der Waals surface area contributed by atoms with Gasteiger partial charge in [0.05, 0.1) is 6.61 Å². The first-order valence-corrected chi connectivity index (χ1v) is 9.36. The zero-order chi connectivity index (χ0) is 17.3. The Balaban J connectivity index is 1.60. The van der Waals surface area contributed by atoms with Crippen LogP contribution >= 0.6 is 11.3 Å². The number of hydrogen-bond donors (Lipinski definition) is 1. The summed E-state index contributed by atoms with van der Waals surface area (Å²) in [5, 5.41) is 7.66. The van der Waals surface area contributed by atoms with Crippen molar-refractivity contribution in [3.63, 3.8) is 0 Å². The Morgan fingerprint density at radius 3 is 2.64 bits per heavy atom. The molecule has 0 amide bonds. The average molecular weight is 354 g/mol. The summed E-state index contributed by atoms with van der Waals surface area (Å²) in [6.45, 7) is 4.35. The smallest absolute Gasteiger partial charge is 0.223 e. The van der Waals surface area contributed by atoms with Crippen molar-refractivity contribution in [2.45, 2.75) is 26.4 Å². The first-order valence-electron chi connectivity index (χ1n) is 8.41. The van der Waals surface area contributed by atoms with Crippen LogP contribution < -0.4 is 14.8 Å². The maximum Gasteiger partial charge on any atom is 0.223 e. The lowest BCUT2D eigenvalue weighted by atomic mass is 10.2. The molecular weight excluding hydrogens is 332 g/mol. The van der Waals surface area contributed by atoms with E-state index in [0.717, 1.165) is 36.6 Å². The van der Waals surface area contributed by atoms with E-state index in [9.17, 15) is 0 Å². The number of aromatic nitrogens is 1. The number of nitrogens with one attached hydrogen (secondary N) is 1. The van der Waals surface area contributed by atoms with Crippen molar-refractivity contribution in [2.24, 2.45) is 0 Å². The highest BCUT2D eigenvalue weighted by Crippen LogP contribution is 2.25. The molecule has 0 spiro atoms. The van der Waals surface area contributed by atoms with Gasteiger partial charge in [-0.25, -0.2) is 4.98 Å². The van der Waals surface area contributed by atoms with E-state index in [2.05, 4.69) is 34.1 Å². The highest BCUT2D eigenvalue weighted by atomic mass is 32.1. The third kappa shape index (κ3) is 5.31. The van der Waals surface area contributed by atoms with Crippen molar-refractivity contribution in [2.75, 3.05) is 6.61 Å². The van der Waals surface area contributed by atoms with Crippen LogP contribution in [0.25, 0.3) is 0 Å². The molecule has 3 rings (SSSR count). The van der Waals surface area contributed by atoms with E-state index >= 15 is 0 Å². The highest BCUT2D eigenvalue weighted by Gasteiger charge is 2.06. The van der Waals surface area contributed by atoms with Crippen molar-refractivity contribution in [3.8, 4) is 17.4 Å². The summed E-state index contributed by atoms with van der Waals surface area (Å²) < 4.78 is 11.5. The Hall–Kier alpha value is -2.37. The molecule has 130 valence electrons. The van der Waals surface area contributed by atoms with Gasteiger partial charge in [-0.15, -0.1) is 0 Å². The summed E-state index contributed by atoms with van der Waals surface area (Å²) in [7, 11) is 0. The first kappa shape index (κ1) is 17.5. The number of benzene rings is 1. The summed E-state index contributed by atoms with van der Waals surface area (Å²) in [4.78, 5) is 4.37. The molecule has 0 aliphatic rings. The molecule has 4 nitrogen and oxygen atoms in total. The first-order chi connectivity index (χ1) is 12.3. The molecule has 0 saturated carbocycles. The predicted octanol–water partition coefficient (Wildman–Crippen LogP) is 5.01. The van der Waals surface area contributed by atoms with Gasteiger partial charge in [0.15, 0.2) is 0 Å². The quantitative estimate of drug-likeness (QED) is 0.586. The fourth-order valence-electron chi connectivity index (χ4n) is 2.32. The summed E-state index contributed by atoms with van der Waals surface area (Å²) in [5.41, 5.74) is 2.32. The lowest BCUT2D eigenvalue weighted by Gasteiger charge is -2.11. The number of nitrogens with zero attached hydrogens (tertiary/aromatic N) is 1. The van der Waals surface area contributed by atoms with Gasteiger partial charge >= 0.3 is 0 Å². The van der Waals surface area contributed by atoms with Crippen molar-refractivity contribution < 1.29 is 9.47 Å². The number of thiophene rings is 1. The third-order valence-corrected chi connectivity index (χ3v) is 4.32. The second-order valence-corrected chi connectivity index (χ2v) is 6.40. The van der Waals surface area contributed by atoms with Gasteiger partial charge in [0.2, 0.25) is 5.88 Å². The molecule has 0 bridgehead atoms. The fraction of sp³-hybridized carbons (Fsp3) is 0.250. The minimum absolute atomic E-state index is 0.627. The lowest BCUT2D eigenvalue weighted by molar-refractivity contribution is 0.317. The van der Waals surface area contributed by atoms with Crippen LogP contribution in [0.15, 0.2) is 59.4 Å². The van der Waals surface area contributed by atoms with E-state index < -0.39 is 0 Å². The van der Waals surface area contributed by atoms with E-state index in [1.165, 1.54) is 5.56 Å². The van der Waals surface area contributed by atoms with E-state index in [1.54, 1.807) is 17.5 Å². The van der Waals surface area contributed by atoms with Crippen LogP contribution in [-0.2, 0) is 13.1 Å². The molecular formula is C20H22N2O2S. The van der Waals surface area contributed by atoms with Crippen LogP contribution in [0.2, 0.25) is 0 Å². The summed E-state index contributed by atoms with van der Waals surface area (Å²) in [6.07, 6.45) is 2.74. The van der Waals surface area contributed by atoms with Gasteiger partial charge in [-0.05, 0) is 59.1 Å². The summed E-state index contributed by atoms with van der Waals surface area (Å²) in [6, 6.07) is 13.7. The number of rotatable bonds is 9. The van der Waals surface area contributed by atoms with Crippen molar-refractivity contribution in [3.05, 3.63) is 70.5 Å². The molecule has 0 unspecified atom stereocenters. The Bertz CT molecular complexity index is 758. The zero-order valence-corrected chi connectivity index (χ0v) is 15.1. The highest BCUT2D eigenvalue weighted by molar-refractivity contribution is 7.07. The van der Waals surface area contributed by atoms with Crippen molar-refractivity contribution in [1.29, 1.82) is 0 Å². The Morgan fingerprint density at radius 1 is 1.04 bits per heavy atom. The standard InChI is InChI=1S/C20H22N2O2S/c1-2-11-23-18-5-7-19(8-6-18)24-20-17(4-3-10-22-20)14-21-13-16-9-12-25-15-16/h3-10,12,15,21H,2,11,13-14H2,1H3. The van der Waals surface area contributed by atoms with Gasteiger partial charge in [-0.2, -0.15) is 11.3 Å². The summed E-state index contributed by atoms with van der Waals surface area (Å²) in [5.74, 6) is 2.23. The molecule has 5 heteroatoms. The lowest BCUT2D eigenvalue weighted by Crippen LogP contribution is -2.13. The maximum absolute atomic E-state index is 5.95. The van der Waals surface area contributed by atoms with Crippen molar-refractivity contribution >= 4 is 11.3 Å². The topological polar surface area (TPSA) is 43.4 Å². The molecule has 1 N–H and O–H groups in total. The number of pyridine rings is 1. The second-order valence-electron chi connectivity index (χ2n) is 5.62. The van der Waals surface area contributed by atoms with E-state index in [-0.39, 0.29) is 0 Å². The number of hydrogen-bond acceptors (Lipinski definition) is 5. The van der Waals surface area contributed by atoms with Gasteiger partial charge < -0.3 is 14.8 Å². The SMILES string of the molecule is CCCOc1ccc(Oc2ncccc2CNCc2ccsc2)cc1. The van der Waals surface area contributed by atoms with Crippen LogP contribution in [0.1, 0.15) is 24.5 Å². The Kier molecular flexibility index (Phi) is 6.42. The minimum Gasteiger partial charge on any atom is -0.494 e. The van der Waals surface area contributed by atoms with Gasteiger partial charge in [-0.1, -0.05) is 13.0 Å². The van der Waals surface area contributed by atoms with Crippen LogP contribution in [0.4, 0.5) is 0 Å². The molecule has 0 saturated heterocycles. The predicted molar refractivity (Wildman–Crippen MR) is 101 cm³/mol. The van der Waals surface area contributed by atoms with Gasteiger partial charge in [0.25, 0.3) is 0 Å². The molecule has 2 heterocycles.